The Bertz CT molecular complexity index is 869. The molecule has 1 heterocycles. The van der Waals surface area contributed by atoms with E-state index in [-0.39, 0.29) is 5.56 Å². The van der Waals surface area contributed by atoms with E-state index in [4.69, 9.17) is 5.11 Å². The maximum atomic E-state index is 10.9. The molecule has 1 N–H and O–H groups in total. The molecule has 0 unspecified atom stereocenters. The zero-order valence-electron chi connectivity index (χ0n) is 14.6. The van der Waals surface area contributed by atoms with Crippen molar-refractivity contribution in [2.45, 2.75) is 31.9 Å². The summed E-state index contributed by atoms with van der Waals surface area (Å²) in [5.74, 6) is 5.48. The van der Waals surface area contributed by atoms with Gasteiger partial charge < -0.3 is 5.11 Å². The van der Waals surface area contributed by atoms with Gasteiger partial charge in [0.25, 0.3) is 0 Å². The summed E-state index contributed by atoms with van der Waals surface area (Å²) in [7, 11) is -2.59. The van der Waals surface area contributed by atoms with Gasteiger partial charge in [0.15, 0.2) is 0 Å². The molecule has 4 heteroatoms. The first-order valence-electron chi connectivity index (χ1n) is 8.19. The molecule has 2 aromatic carbocycles. The molecule has 0 bridgehead atoms. The largest absolute Gasteiger partial charge is 0.478 e. The average molecular weight is 351 g/mol. The van der Waals surface area contributed by atoms with Crippen LogP contribution in [0, 0.1) is 11.8 Å². The normalized spacial score (nSPS) is 16.8. The lowest BCUT2D eigenvalue weighted by Gasteiger charge is -2.19. The minimum atomic E-state index is -1.33. The maximum Gasteiger partial charge on any atom is 0.335 e. The number of carboxylic acid groups (broad SMARTS) is 1. The van der Waals surface area contributed by atoms with Crippen LogP contribution in [-0.2, 0) is 0 Å². The van der Waals surface area contributed by atoms with E-state index >= 15 is 0 Å². The van der Waals surface area contributed by atoms with Crippen molar-refractivity contribution in [1.82, 2.24) is 0 Å². The molecule has 0 saturated carbocycles. The van der Waals surface area contributed by atoms with Crippen LogP contribution in [0.1, 0.15) is 21.5 Å². The average Bonchev–Trinajstić information content (AvgIpc) is 2.70. The fourth-order valence-electron chi connectivity index (χ4n) is 3.91. The molecule has 0 fully saturated rings. The number of hydrogen-bond donors (Lipinski definition) is 1. The lowest BCUT2D eigenvalue weighted by molar-refractivity contribution is 0.0697. The molecule has 0 saturated heterocycles. The Kier molecular flexibility index (Phi) is 4.02. The molecule has 3 rings (SSSR count). The minimum Gasteiger partial charge on any atom is -0.478 e. The van der Waals surface area contributed by atoms with Crippen LogP contribution in [0.3, 0.4) is 0 Å². The van der Waals surface area contributed by atoms with Gasteiger partial charge in [0, 0.05) is 11.1 Å². The van der Waals surface area contributed by atoms with Gasteiger partial charge in [0.05, 0.1) is 21.7 Å². The van der Waals surface area contributed by atoms with Gasteiger partial charge in [0.1, 0.15) is 0 Å². The highest BCUT2D eigenvalue weighted by molar-refractivity contribution is 7.14. The van der Waals surface area contributed by atoms with Gasteiger partial charge in [-0.3, -0.25) is 0 Å². The molecule has 0 spiro atoms. The Morgan fingerprint density at radius 3 is 2.04 bits per heavy atom. The summed E-state index contributed by atoms with van der Waals surface area (Å²) in [6.07, 6.45) is 0. The van der Waals surface area contributed by atoms with Crippen molar-refractivity contribution in [3.63, 3.8) is 0 Å². The summed E-state index contributed by atoms with van der Waals surface area (Å²) in [6.45, 7) is 9.89. The first kappa shape index (κ1) is 16.8. The third kappa shape index (κ3) is 3.10. The van der Waals surface area contributed by atoms with Crippen molar-refractivity contribution in [2.24, 2.45) is 0 Å². The summed E-state index contributed by atoms with van der Waals surface area (Å²) >= 11 is 0. The molecule has 2 nitrogen and oxygen atoms in total. The van der Waals surface area contributed by atoms with E-state index in [0.717, 1.165) is 11.1 Å². The standard InChI is InChI=1S/C20H22O2Si2/c1-23(2)14-24(3,4)19-13-16(9-12-18(19)23)6-5-15-7-10-17(11-8-15)20(21)22/h7-13H,14H2,1-4H3,(H,21,22). The van der Waals surface area contributed by atoms with Gasteiger partial charge in [-0.05, 0) is 36.4 Å². The molecular weight excluding hydrogens is 328 g/mol. The number of carboxylic acids is 1. The van der Waals surface area contributed by atoms with E-state index in [1.54, 1.807) is 34.6 Å². The number of rotatable bonds is 1. The minimum absolute atomic E-state index is 0.290. The second kappa shape index (κ2) is 5.76. The van der Waals surface area contributed by atoms with Gasteiger partial charge in [0.2, 0.25) is 0 Å². The maximum absolute atomic E-state index is 10.9. The lowest BCUT2D eigenvalue weighted by atomic mass is 10.1. The number of fused-ring (bicyclic) bond motifs is 1. The van der Waals surface area contributed by atoms with Crippen molar-refractivity contribution in [1.29, 1.82) is 0 Å². The third-order valence-electron chi connectivity index (χ3n) is 4.84. The van der Waals surface area contributed by atoms with Crippen molar-refractivity contribution in [3.05, 3.63) is 59.2 Å². The fraction of sp³-hybridized carbons (Fsp3) is 0.250. The summed E-state index contributed by atoms with van der Waals surface area (Å²) in [5.41, 5.74) is 3.61. The van der Waals surface area contributed by atoms with Crippen LogP contribution in [0.25, 0.3) is 0 Å². The Hall–Kier alpha value is -2.10. The molecule has 0 radical (unpaired) electrons. The Labute approximate surface area is 145 Å². The van der Waals surface area contributed by atoms with Crippen LogP contribution in [-0.4, -0.2) is 27.2 Å². The monoisotopic (exact) mass is 350 g/mol. The van der Waals surface area contributed by atoms with Crippen LogP contribution in [0.4, 0.5) is 0 Å². The summed E-state index contributed by atoms with van der Waals surface area (Å²) < 4.78 is 0. The van der Waals surface area contributed by atoms with E-state index in [2.05, 4.69) is 56.2 Å². The molecule has 1 aliphatic heterocycles. The second-order valence-electron chi connectivity index (χ2n) is 7.84. The van der Waals surface area contributed by atoms with Crippen molar-refractivity contribution in [3.8, 4) is 11.8 Å². The van der Waals surface area contributed by atoms with Gasteiger partial charge in [-0.1, -0.05) is 60.1 Å². The quantitative estimate of drug-likeness (QED) is 0.634. The van der Waals surface area contributed by atoms with Crippen LogP contribution >= 0.6 is 0 Å². The number of carbonyl (C=O) groups is 1. The topological polar surface area (TPSA) is 37.3 Å². The number of hydrogen-bond acceptors (Lipinski definition) is 1. The summed E-state index contributed by atoms with van der Waals surface area (Å²) in [4.78, 5) is 10.9. The van der Waals surface area contributed by atoms with Gasteiger partial charge in [-0.15, -0.1) is 0 Å². The molecule has 1 aliphatic rings. The third-order valence-corrected chi connectivity index (χ3v) is 15.9. The van der Waals surface area contributed by atoms with Crippen molar-refractivity contribution >= 4 is 32.5 Å². The highest BCUT2D eigenvalue weighted by atomic mass is 28.4. The predicted molar refractivity (Wildman–Crippen MR) is 105 cm³/mol. The number of benzene rings is 2. The van der Waals surface area contributed by atoms with Crippen LogP contribution in [0.5, 0.6) is 0 Å². The predicted octanol–water partition coefficient (Wildman–Crippen LogP) is 3.17. The highest BCUT2D eigenvalue weighted by Gasteiger charge is 2.44. The summed E-state index contributed by atoms with van der Waals surface area (Å²) in [5, 5.41) is 12.1. The van der Waals surface area contributed by atoms with E-state index in [1.807, 2.05) is 0 Å². The zero-order valence-corrected chi connectivity index (χ0v) is 16.6. The van der Waals surface area contributed by atoms with Gasteiger partial charge >= 0.3 is 5.97 Å². The van der Waals surface area contributed by atoms with E-state index in [0.29, 0.717) is 0 Å². The zero-order chi connectivity index (χ0) is 17.5. The smallest absolute Gasteiger partial charge is 0.335 e. The molecule has 24 heavy (non-hydrogen) atoms. The SMILES string of the molecule is C[Si]1(C)C[Si](C)(C)c2cc(C#Cc3ccc(C(=O)O)cc3)ccc21. The van der Waals surface area contributed by atoms with Crippen molar-refractivity contribution < 1.29 is 9.90 Å². The highest BCUT2D eigenvalue weighted by Crippen LogP contribution is 2.26. The van der Waals surface area contributed by atoms with Crippen molar-refractivity contribution in [2.75, 3.05) is 0 Å². The van der Waals surface area contributed by atoms with E-state index < -0.39 is 22.1 Å². The van der Waals surface area contributed by atoms with E-state index in [9.17, 15) is 4.79 Å². The van der Waals surface area contributed by atoms with Gasteiger partial charge in [-0.2, -0.15) is 0 Å². The Balaban J connectivity index is 1.92. The number of aromatic carboxylic acids is 1. The summed E-state index contributed by atoms with van der Waals surface area (Å²) in [6, 6.07) is 13.5. The fourth-order valence-corrected chi connectivity index (χ4v) is 19.0. The molecule has 2 aromatic rings. The Morgan fingerprint density at radius 2 is 1.42 bits per heavy atom. The lowest BCUT2D eigenvalue weighted by Crippen LogP contribution is -2.44. The van der Waals surface area contributed by atoms with Crippen LogP contribution in [0.15, 0.2) is 42.5 Å². The molecule has 0 atom stereocenters. The molecule has 0 amide bonds. The molecular formula is C20H22O2Si2. The molecule has 0 aliphatic carbocycles. The van der Waals surface area contributed by atoms with E-state index in [1.165, 1.54) is 5.67 Å². The van der Waals surface area contributed by atoms with Crippen LogP contribution < -0.4 is 10.4 Å². The van der Waals surface area contributed by atoms with Gasteiger partial charge in [-0.25, -0.2) is 4.79 Å². The first-order chi connectivity index (χ1) is 11.2. The molecule has 122 valence electrons. The first-order valence-corrected chi connectivity index (χ1v) is 14.6. The second-order valence-corrected chi connectivity index (χ2v) is 17.9. The van der Waals surface area contributed by atoms with Crippen LogP contribution in [0.2, 0.25) is 31.9 Å². The molecule has 0 aromatic heterocycles. The Morgan fingerprint density at radius 1 is 0.875 bits per heavy atom.